The summed E-state index contributed by atoms with van der Waals surface area (Å²) in [5.41, 5.74) is 11.7. The summed E-state index contributed by atoms with van der Waals surface area (Å²) >= 11 is 0. The molecule has 7 heteroatoms. The Balaban J connectivity index is 2.24. The molecule has 0 saturated carbocycles. The van der Waals surface area contributed by atoms with Crippen LogP contribution in [0.4, 0.5) is 11.8 Å². The fourth-order valence-corrected chi connectivity index (χ4v) is 1.69. The second-order valence-electron chi connectivity index (χ2n) is 4.06. The summed E-state index contributed by atoms with van der Waals surface area (Å²) in [5, 5.41) is 2.86. The fourth-order valence-electron chi connectivity index (χ4n) is 1.69. The fraction of sp³-hybridized carbons (Fsp3) is 0.154. The zero-order valence-electron chi connectivity index (χ0n) is 10.9. The minimum Gasteiger partial charge on any atom is -0.497 e. The molecule has 0 radical (unpaired) electrons. The molecule has 0 aliphatic heterocycles. The van der Waals surface area contributed by atoms with Crippen LogP contribution >= 0.6 is 0 Å². The van der Waals surface area contributed by atoms with Crippen molar-refractivity contribution in [2.45, 2.75) is 6.04 Å². The van der Waals surface area contributed by atoms with E-state index in [9.17, 15) is 4.79 Å². The predicted molar refractivity (Wildman–Crippen MR) is 75.0 cm³/mol. The maximum Gasteiger partial charge on any atom is 0.244 e. The number of methoxy groups -OCH3 is 1. The van der Waals surface area contributed by atoms with Crippen molar-refractivity contribution in [1.82, 2.24) is 9.97 Å². The number of primary amides is 1. The Morgan fingerprint density at radius 1 is 1.30 bits per heavy atom. The number of rotatable bonds is 5. The summed E-state index contributed by atoms with van der Waals surface area (Å²) in [6.45, 7) is 0. The number of benzene rings is 1. The number of nitrogens with zero attached hydrogens (tertiary/aromatic N) is 2. The summed E-state index contributed by atoms with van der Waals surface area (Å²) in [6, 6.07) is 7.78. The van der Waals surface area contributed by atoms with Crippen LogP contribution in [0.15, 0.2) is 36.5 Å². The molecule has 0 aliphatic rings. The van der Waals surface area contributed by atoms with Crippen molar-refractivity contribution in [2.24, 2.45) is 5.73 Å². The number of ether oxygens (including phenoxy) is 1. The number of nitrogens with one attached hydrogen (secondary N) is 1. The van der Waals surface area contributed by atoms with Gasteiger partial charge in [-0.05, 0) is 23.8 Å². The number of aromatic nitrogens is 2. The van der Waals surface area contributed by atoms with Crippen molar-refractivity contribution >= 4 is 17.7 Å². The van der Waals surface area contributed by atoms with Gasteiger partial charge in [0.25, 0.3) is 0 Å². The van der Waals surface area contributed by atoms with Gasteiger partial charge in [0.1, 0.15) is 17.6 Å². The molecule has 5 N–H and O–H groups in total. The van der Waals surface area contributed by atoms with Crippen LogP contribution in [0.1, 0.15) is 11.6 Å². The van der Waals surface area contributed by atoms with Crippen molar-refractivity contribution in [3.63, 3.8) is 0 Å². The van der Waals surface area contributed by atoms with Gasteiger partial charge in [-0.1, -0.05) is 12.1 Å². The smallest absolute Gasteiger partial charge is 0.244 e. The third-order valence-electron chi connectivity index (χ3n) is 2.68. The van der Waals surface area contributed by atoms with Crippen LogP contribution in [-0.2, 0) is 4.79 Å². The molecule has 104 valence electrons. The Morgan fingerprint density at radius 3 is 2.55 bits per heavy atom. The molecule has 0 spiro atoms. The SMILES string of the molecule is COc1ccc(C(Nc2nccc(N)n2)C(N)=O)cc1. The molecule has 0 saturated heterocycles. The lowest BCUT2D eigenvalue weighted by Crippen LogP contribution is -2.28. The van der Waals surface area contributed by atoms with E-state index >= 15 is 0 Å². The number of amides is 1. The zero-order chi connectivity index (χ0) is 14.5. The molecule has 0 bridgehead atoms. The highest BCUT2D eigenvalue weighted by atomic mass is 16.5. The minimum absolute atomic E-state index is 0.240. The van der Waals surface area contributed by atoms with Gasteiger partial charge in [-0.25, -0.2) is 4.98 Å². The van der Waals surface area contributed by atoms with Crippen LogP contribution in [0.3, 0.4) is 0 Å². The lowest BCUT2D eigenvalue weighted by molar-refractivity contribution is -0.118. The van der Waals surface area contributed by atoms with E-state index in [-0.39, 0.29) is 5.95 Å². The molecule has 0 fully saturated rings. The Bertz CT molecular complexity index is 600. The van der Waals surface area contributed by atoms with Crippen LogP contribution in [0.2, 0.25) is 0 Å². The molecule has 2 aromatic rings. The van der Waals surface area contributed by atoms with Crippen molar-refractivity contribution in [3.8, 4) is 5.75 Å². The molecule has 1 aromatic carbocycles. The largest absolute Gasteiger partial charge is 0.497 e. The average Bonchev–Trinajstić information content (AvgIpc) is 2.45. The molecule has 1 atom stereocenters. The van der Waals surface area contributed by atoms with Gasteiger partial charge in [-0.3, -0.25) is 4.79 Å². The molecule has 1 amide bonds. The summed E-state index contributed by atoms with van der Waals surface area (Å²) in [5.74, 6) is 0.698. The van der Waals surface area contributed by atoms with Gasteiger partial charge in [0.2, 0.25) is 11.9 Å². The van der Waals surface area contributed by atoms with Gasteiger partial charge in [-0.15, -0.1) is 0 Å². The van der Waals surface area contributed by atoms with E-state index < -0.39 is 11.9 Å². The second kappa shape index (κ2) is 5.87. The van der Waals surface area contributed by atoms with Crippen molar-refractivity contribution in [1.29, 1.82) is 0 Å². The van der Waals surface area contributed by atoms with Crippen molar-refractivity contribution in [3.05, 3.63) is 42.1 Å². The molecule has 0 aliphatic carbocycles. The molecule has 1 unspecified atom stereocenters. The third-order valence-corrected chi connectivity index (χ3v) is 2.68. The molecular formula is C13H15N5O2. The average molecular weight is 273 g/mol. The number of carbonyl (C=O) groups excluding carboxylic acids is 1. The predicted octanol–water partition coefficient (Wildman–Crippen LogP) is 0.706. The van der Waals surface area contributed by atoms with Crippen LogP contribution in [-0.4, -0.2) is 23.0 Å². The molecular weight excluding hydrogens is 258 g/mol. The Hall–Kier alpha value is -2.83. The Morgan fingerprint density at radius 2 is 2.00 bits per heavy atom. The first-order valence-electron chi connectivity index (χ1n) is 5.88. The lowest BCUT2D eigenvalue weighted by atomic mass is 10.1. The highest BCUT2D eigenvalue weighted by molar-refractivity contribution is 5.84. The van der Waals surface area contributed by atoms with E-state index in [1.54, 1.807) is 37.4 Å². The molecule has 1 aromatic heterocycles. The van der Waals surface area contributed by atoms with Crippen LogP contribution in [0.25, 0.3) is 0 Å². The monoisotopic (exact) mass is 273 g/mol. The summed E-state index contributed by atoms with van der Waals surface area (Å²) in [4.78, 5) is 19.5. The molecule has 1 heterocycles. The highest BCUT2D eigenvalue weighted by Gasteiger charge is 2.18. The number of carbonyl (C=O) groups is 1. The minimum atomic E-state index is -0.747. The van der Waals surface area contributed by atoms with Crippen molar-refractivity contribution < 1.29 is 9.53 Å². The van der Waals surface area contributed by atoms with Crippen LogP contribution in [0, 0.1) is 0 Å². The van der Waals surface area contributed by atoms with Gasteiger partial charge < -0.3 is 21.5 Å². The van der Waals surface area contributed by atoms with Gasteiger partial charge in [0, 0.05) is 6.20 Å². The third kappa shape index (κ3) is 3.14. The van der Waals surface area contributed by atoms with Crippen molar-refractivity contribution in [2.75, 3.05) is 18.2 Å². The van der Waals surface area contributed by atoms with E-state index in [1.807, 2.05) is 0 Å². The Labute approximate surface area is 116 Å². The number of nitrogen functional groups attached to an aromatic ring is 1. The van der Waals surface area contributed by atoms with Gasteiger partial charge in [0.05, 0.1) is 7.11 Å². The summed E-state index contributed by atoms with van der Waals surface area (Å²) in [6.07, 6.45) is 1.50. The maximum atomic E-state index is 11.6. The van der Waals surface area contributed by atoms with E-state index in [0.29, 0.717) is 17.1 Å². The molecule has 2 rings (SSSR count). The van der Waals surface area contributed by atoms with Crippen LogP contribution in [0.5, 0.6) is 5.75 Å². The normalized spacial score (nSPS) is 11.7. The lowest BCUT2D eigenvalue weighted by Gasteiger charge is -2.16. The first-order valence-corrected chi connectivity index (χ1v) is 5.88. The van der Waals surface area contributed by atoms with E-state index in [2.05, 4.69) is 15.3 Å². The van der Waals surface area contributed by atoms with Crippen LogP contribution < -0.4 is 21.5 Å². The second-order valence-corrected chi connectivity index (χ2v) is 4.06. The zero-order valence-corrected chi connectivity index (χ0v) is 10.9. The first kappa shape index (κ1) is 13.6. The maximum absolute atomic E-state index is 11.6. The quantitative estimate of drug-likeness (QED) is 0.738. The van der Waals surface area contributed by atoms with Gasteiger partial charge >= 0.3 is 0 Å². The first-order chi connectivity index (χ1) is 9.60. The number of hydrogen-bond acceptors (Lipinski definition) is 6. The number of anilines is 2. The number of nitrogens with two attached hydrogens (primary N) is 2. The van der Waals surface area contributed by atoms with Gasteiger partial charge in [-0.2, -0.15) is 4.98 Å². The Kier molecular flexibility index (Phi) is 3.99. The standard InChI is InChI=1S/C13H15N5O2/c1-20-9-4-2-8(3-5-9)11(12(15)19)18-13-16-7-6-10(14)17-13/h2-7,11H,1H3,(H2,15,19)(H3,14,16,17,18). The summed E-state index contributed by atoms with van der Waals surface area (Å²) in [7, 11) is 1.57. The highest BCUT2D eigenvalue weighted by Crippen LogP contribution is 2.20. The van der Waals surface area contributed by atoms with E-state index in [0.717, 1.165) is 0 Å². The van der Waals surface area contributed by atoms with E-state index in [1.165, 1.54) is 6.20 Å². The van der Waals surface area contributed by atoms with E-state index in [4.69, 9.17) is 16.2 Å². The van der Waals surface area contributed by atoms with Gasteiger partial charge in [0.15, 0.2) is 0 Å². The summed E-state index contributed by atoms with van der Waals surface area (Å²) < 4.78 is 5.07. The molecule has 7 nitrogen and oxygen atoms in total. The molecule has 20 heavy (non-hydrogen) atoms. The topological polar surface area (TPSA) is 116 Å². The number of hydrogen-bond donors (Lipinski definition) is 3.